The van der Waals surface area contributed by atoms with Crippen LogP contribution in [0, 0.1) is 5.41 Å². The van der Waals surface area contributed by atoms with Crippen LogP contribution < -0.4 is 11.1 Å². The first-order chi connectivity index (χ1) is 9.64. The summed E-state index contributed by atoms with van der Waals surface area (Å²) in [5.74, 6) is -0.195. The lowest BCUT2D eigenvalue weighted by Crippen LogP contribution is -2.44. The Morgan fingerprint density at radius 3 is 2.19 bits per heavy atom. The number of hydrogen-bond acceptors (Lipinski definition) is 2. The predicted molar refractivity (Wildman–Crippen MR) is 75.5 cm³/mol. The quantitative estimate of drug-likeness (QED) is 0.877. The van der Waals surface area contributed by atoms with Crippen molar-refractivity contribution in [3.63, 3.8) is 0 Å². The van der Waals surface area contributed by atoms with Crippen LogP contribution in [-0.2, 0) is 11.0 Å². The van der Waals surface area contributed by atoms with Gasteiger partial charge in [0.25, 0.3) is 0 Å². The highest BCUT2D eigenvalue weighted by molar-refractivity contribution is 5.82. The largest absolute Gasteiger partial charge is 0.416 e. The SMILES string of the molecule is CCC(C)(CN)C(=O)NC(C)c1ccc(C(F)(F)F)cc1. The zero-order chi connectivity index (χ0) is 16.3. The van der Waals surface area contributed by atoms with Crippen molar-refractivity contribution in [1.29, 1.82) is 0 Å². The Kier molecular flexibility index (Phi) is 5.39. The lowest BCUT2D eigenvalue weighted by atomic mass is 9.86. The number of alkyl halides is 3. The fourth-order valence-electron chi connectivity index (χ4n) is 1.81. The minimum absolute atomic E-state index is 0.195. The number of nitrogens with two attached hydrogens (primary N) is 1. The molecule has 1 amide bonds. The Morgan fingerprint density at radius 2 is 1.81 bits per heavy atom. The topological polar surface area (TPSA) is 55.1 Å². The fourth-order valence-corrected chi connectivity index (χ4v) is 1.81. The van der Waals surface area contributed by atoms with E-state index in [-0.39, 0.29) is 18.5 Å². The first-order valence-electron chi connectivity index (χ1n) is 6.82. The molecule has 0 aliphatic carbocycles. The van der Waals surface area contributed by atoms with Gasteiger partial charge in [0.2, 0.25) is 5.91 Å². The molecule has 1 aromatic carbocycles. The number of carbonyl (C=O) groups excluding carboxylic acids is 1. The Labute approximate surface area is 122 Å². The molecular weight excluding hydrogens is 281 g/mol. The number of rotatable bonds is 5. The highest BCUT2D eigenvalue weighted by Crippen LogP contribution is 2.30. The summed E-state index contributed by atoms with van der Waals surface area (Å²) in [7, 11) is 0. The molecule has 1 rings (SSSR count). The average molecular weight is 302 g/mol. The molecule has 0 aliphatic heterocycles. The van der Waals surface area contributed by atoms with Crippen LogP contribution in [0.5, 0.6) is 0 Å². The van der Waals surface area contributed by atoms with Gasteiger partial charge >= 0.3 is 6.18 Å². The number of halogens is 3. The van der Waals surface area contributed by atoms with Gasteiger partial charge in [-0.3, -0.25) is 4.79 Å². The van der Waals surface area contributed by atoms with Crippen LogP contribution in [0.3, 0.4) is 0 Å². The summed E-state index contributed by atoms with van der Waals surface area (Å²) in [6.45, 7) is 5.58. The number of nitrogens with one attached hydrogen (secondary N) is 1. The molecule has 0 saturated carbocycles. The molecule has 3 N–H and O–H groups in total. The Balaban J connectivity index is 2.81. The van der Waals surface area contributed by atoms with Gasteiger partial charge < -0.3 is 11.1 Å². The summed E-state index contributed by atoms with van der Waals surface area (Å²) in [6, 6.07) is 4.40. The highest BCUT2D eigenvalue weighted by atomic mass is 19.4. The summed E-state index contributed by atoms with van der Waals surface area (Å²) < 4.78 is 37.5. The van der Waals surface area contributed by atoms with Crippen LogP contribution in [-0.4, -0.2) is 12.5 Å². The standard InChI is InChI=1S/C15H21F3N2O/c1-4-14(3,9-19)13(21)20-10(2)11-5-7-12(8-6-11)15(16,17)18/h5-8,10H,4,9,19H2,1-3H3,(H,20,21). The van der Waals surface area contributed by atoms with Crippen LogP contribution in [0.15, 0.2) is 24.3 Å². The highest BCUT2D eigenvalue weighted by Gasteiger charge is 2.32. The maximum absolute atomic E-state index is 12.5. The monoisotopic (exact) mass is 302 g/mol. The van der Waals surface area contributed by atoms with E-state index in [1.54, 1.807) is 13.8 Å². The Hall–Kier alpha value is -1.56. The van der Waals surface area contributed by atoms with Crippen LogP contribution in [0.4, 0.5) is 13.2 Å². The molecular formula is C15H21F3N2O. The molecule has 0 heterocycles. The van der Waals surface area contributed by atoms with Crippen molar-refractivity contribution in [2.24, 2.45) is 11.1 Å². The summed E-state index contributed by atoms with van der Waals surface area (Å²) in [4.78, 5) is 12.2. The number of benzene rings is 1. The third-order valence-corrected chi connectivity index (χ3v) is 3.86. The summed E-state index contributed by atoms with van der Waals surface area (Å²) in [5, 5.41) is 2.80. The van der Waals surface area contributed by atoms with Gasteiger partial charge in [0.15, 0.2) is 0 Å². The van der Waals surface area contributed by atoms with Gasteiger partial charge in [-0.2, -0.15) is 13.2 Å². The molecule has 2 unspecified atom stereocenters. The van der Waals surface area contributed by atoms with E-state index in [0.717, 1.165) is 12.1 Å². The maximum Gasteiger partial charge on any atom is 0.416 e. The molecule has 0 fully saturated rings. The van der Waals surface area contributed by atoms with Crippen molar-refractivity contribution in [2.75, 3.05) is 6.54 Å². The zero-order valence-corrected chi connectivity index (χ0v) is 12.4. The van der Waals surface area contributed by atoms with E-state index in [4.69, 9.17) is 5.73 Å². The molecule has 1 aromatic rings. The number of hydrogen-bond donors (Lipinski definition) is 2. The molecule has 0 aromatic heterocycles. The second-order valence-corrected chi connectivity index (χ2v) is 5.43. The molecule has 0 bridgehead atoms. The summed E-state index contributed by atoms with van der Waals surface area (Å²) in [6.07, 6.45) is -3.76. The first kappa shape index (κ1) is 17.5. The van der Waals surface area contributed by atoms with Crippen molar-refractivity contribution >= 4 is 5.91 Å². The second-order valence-electron chi connectivity index (χ2n) is 5.43. The van der Waals surface area contributed by atoms with Gasteiger partial charge in [-0.05, 0) is 38.0 Å². The van der Waals surface area contributed by atoms with Crippen molar-refractivity contribution in [3.8, 4) is 0 Å². The van der Waals surface area contributed by atoms with Crippen molar-refractivity contribution in [1.82, 2.24) is 5.32 Å². The van der Waals surface area contributed by atoms with Crippen molar-refractivity contribution in [3.05, 3.63) is 35.4 Å². The predicted octanol–water partition coefficient (Wildman–Crippen LogP) is 3.26. The average Bonchev–Trinajstić information content (AvgIpc) is 2.45. The van der Waals surface area contributed by atoms with E-state index < -0.39 is 17.2 Å². The van der Waals surface area contributed by atoms with Crippen LogP contribution in [0.2, 0.25) is 0 Å². The minimum Gasteiger partial charge on any atom is -0.349 e. The van der Waals surface area contributed by atoms with E-state index in [1.807, 2.05) is 6.92 Å². The van der Waals surface area contributed by atoms with Crippen LogP contribution >= 0.6 is 0 Å². The number of amides is 1. The van der Waals surface area contributed by atoms with Gasteiger partial charge in [-0.25, -0.2) is 0 Å². The molecule has 2 atom stereocenters. The number of carbonyl (C=O) groups is 1. The maximum atomic E-state index is 12.5. The summed E-state index contributed by atoms with van der Waals surface area (Å²) in [5.41, 5.74) is 4.86. The van der Waals surface area contributed by atoms with Crippen molar-refractivity contribution < 1.29 is 18.0 Å². The van der Waals surface area contributed by atoms with Crippen LogP contribution in [0.1, 0.15) is 44.4 Å². The lowest BCUT2D eigenvalue weighted by molar-refractivity contribution is -0.137. The molecule has 0 aliphatic rings. The van der Waals surface area contributed by atoms with Gasteiger partial charge in [0.05, 0.1) is 17.0 Å². The van der Waals surface area contributed by atoms with Crippen LogP contribution in [0.25, 0.3) is 0 Å². The molecule has 118 valence electrons. The summed E-state index contributed by atoms with van der Waals surface area (Å²) >= 11 is 0. The molecule has 21 heavy (non-hydrogen) atoms. The first-order valence-corrected chi connectivity index (χ1v) is 6.82. The van der Waals surface area contributed by atoms with Crippen molar-refractivity contribution in [2.45, 2.75) is 39.4 Å². The van der Waals surface area contributed by atoms with E-state index >= 15 is 0 Å². The van der Waals surface area contributed by atoms with E-state index in [9.17, 15) is 18.0 Å². The second kappa shape index (κ2) is 6.47. The molecule has 0 saturated heterocycles. The molecule has 3 nitrogen and oxygen atoms in total. The van der Waals surface area contributed by atoms with Gasteiger partial charge in [-0.1, -0.05) is 19.1 Å². The molecule has 0 spiro atoms. The minimum atomic E-state index is -4.36. The van der Waals surface area contributed by atoms with E-state index in [1.165, 1.54) is 12.1 Å². The zero-order valence-electron chi connectivity index (χ0n) is 12.4. The Morgan fingerprint density at radius 1 is 1.29 bits per heavy atom. The van der Waals surface area contributed by atoms with E-state index in [0.29, 0.717) is 12.0 Å². The van der Waals surface area contributed by atoms with Gasteiger partial charge in [0, 0.05) is 6.54 Å². The third kappa shape index (κ3) is 4.20. The third-order valence-electron chi connectivity index (χ3n) is 3.86. The Bertz CT molecular complexity index is 479. The van der Waals surface area contributed by atoms with Gasteiger partial charge in [0.1, 0.15) is 0 Å². The lowest BCUT2D eigenvalue weighted by Gasteiger charge is -2.27. The normalized spacial score (nSPS) is 16.1. The molecule has 6 heteroatoms. The molecule has 0 radical (unpaired) electrons. The van der Waals surface area contributed by atoms with Gasteiger partial charge in [-0.15, -0.1) is 0 Å². The smallest absolute Gasteiger partial charge is 0.349 e. The fraction of sp³-hybridized carbons (Fsp3) is 0.533. The van der Waals surface area contributed by atoms with E-state index in [2.05, 4.69) is 5.32 Å².